The zero-order valence-electron chi connectivity index (χ0n) is 6.36. The van der Waals surface area contributed by atoms with Crippen molar-refractivity contribution < 1.29 is 117 Å². The van der Waals surface area contributed by atoms with Crippen molar-refractivity contribution in [3.63, 3.8) is 0 Å². The van der Waals surface area contributed by atoms with Crippen molar-refractivity contribution in [3.8, 4) is 0 Å². The third-order valence-corrected chi connectivity index (χ3v) is 1.07. The van der Waals surface area contributed by atoms with Gasteiger partial charge in [0, 0.05) is 16.7 Å². The molecule has 11 heavy (non-hydrogen) atoms. The fourth-order valence-corrected chi connectivity index (χ4v) is 0.482. The molecular formula is C4H4K2O3S2. The molecule has 0 saturated heterocycles. The van der Waals surface area contributed by atoms with Crippen molar-refractivity contribution in [2.75, 3.05) is 0 Å². The number of aliphatic hydroxyl groups is 1. The molecule has 0 aromatic carbocycles. The zero-order valence-corrected chi connectivity index (χ0v) is 14.2. The summed E-state index contributed by atoms with van der Waals surface area (Å²) in [7, 11) is 0. The van der Waals surface area contributed by atoms with Crippen LogP contribution < -0.4 is 103 Å². The molecule has 0 aliphatic heterocycles. The quantitative estimate of drug-likeness (QED) is 0.394. The van der Waals surface area contributed by atoms with Crippen LogP contribution in [-0.2, 0) is 34.8 Å². The van der Waals surface area contributed by atoms with Crippen molar-refractivity contribution >= 4 is 35.5 Å². The minimum Gasteiger partial charge on any atom is -0.742 e. The van der Waals surface area contributed by atoms with E-state index in [9.17, 15) is 9.59 Å². The molecule has 1 atom stereocenters. The first kappa shape index (κ1) is 19.6. The first-order valence-electron chi connectivity index (χ1n) is 2.13. The molecule has 0 amide bonds. The van der Waals surface area contributed by atoms with Crippen LogP contribution >= 0.6 is 0 Å². The van der Waals surface area contributed by atoms with Crippen molar-refractivity contribution in [1.29, 1.82) is 0 Å². The predicted molar refractivity (Wildman–Crippen MR) is 35.4 cm³/mol. The first-order chi connectivity index (χ1) is 4.04. The molecule has 0 heterocycles. The van der Waals surface area contributed by atoms with Crippen molar-refractivity contribution in [2.45, 2.75) is 12.5 Å². The number of carbonyl (C=O) groups excluding carboxylic acids is 2. The molecule has 0 saturated carbocycles. The third-order valence-electron chi connectivity index (χ3n) is 0.632. The van der Waals surface area contributed by atoms with Gasteiger partial charge in [0.05, 0.1) is 6.10 Å². The van der Waals surface area contributed by atoms with Gasteiger partial charge in [-0.05, 0) is 0 Å². The SMILES string of the molecule is O=C([S-])CC(O)C(=O)[S-].[K+].[K+]. The molecule has 52 valence electrons. The van der Waals surface area contributed by atoms with Gasteiger partial charge in [0.15, 0.2) is 0 Å². The molecule has 3 nitrogen and oxygen atoms in total. The predicted octanol–water partition coefficient (Wildman–Crippen LogP) is -7.11. The largest absolute Gasteiger partial charge is 1.00 e. The van der Waals surface area contributed by atoms with E-state index in [2.05, 4.69) is 25.3 Å². The van der Waals surface area contributed by atoms with E-state index < -0.39 is 16.3 Å². The summed E-state index contributed by atoms with van der Waals surface area (Å²) in [5.74, 6) is 0. The molecule has 0 aromatic rings. The monoisotopic (exact) mass is 242 g/mol. The summed E-state index contributed by atoms with van der Waals surface area (Å²) in [6, 6.07) is 0. The van der Waals surface area contributed by atoms with Crippen LogP contribution in [0.4, 0.5) is 0 Å². The molecule has 0 aliphatic carbocycles. The number of carbonyl (C=O) groups is 2. The Morgan fingerprint density at radius 1 is 1.27 bits per heavy atom. The Kier molecular flexibility index (Phi) is 19.7. The van der Waals surface area contributed by atoms with Crippen molar-refractivity contribution in [3.05, 3.63) is 0 Å². The molecule has 0 rings (SSSR count). The second-order valence-corrected chi connectivity index (χ2v) is 2.27. The van der Waals surface area contributed by atoms with Crippen molar-refractivity contribution in [2.24, 2.45) is 0 Å². The summed E-state index contributed by atoms with van der Waals surface area (Å²) in [4.78, 5) is 20.1. The van der Waals surface area contributed by atoms with Gasteiger partial charge < -0.3 is 40.0 Å². The van der Waals surface area contributed by atoms with E-state index >= 15 is 0 Å². The van der Waals surface area contributed by atoms with Gasteiger partial charge in [-0.15, -0.1) is 0 Å². The van der Waals surface area contributed by atoms with Crippen LogP contribution in [0.5, 0.6) is 0 Å². The summed E-state index contributed by atoms with van der Waals surface area (Å²) in [6.45, 7) is 0. The fourth-order valence-electron chi connectivity index (χ4n) is 0.241. The molecule has 0 aromatic heterocycles. The van der Waals surface area contributed by atoms with Gasteiger partial charge >= 0.3 is 103 Å². The maximum Gasteiger partial charge on any atom is 1.00 e. The second kappa shape index (κ2) is 11.1. The Balaban J connectivity index is -0.000000320. The molecule has 7 heteroatoms. The van der Waals surface area contributed by atoms with Crippen LogP contribution in [0, 0.1) is 0 Å². The summed E-state index contributed by atoms with van der Waals surface area (Å²) < 4.78 is 0. The molecule has 0 bridgehead atoms. The maximum atomic E-state index is 10.0. The molecule has 0 radical (unpaired) electrons. The van der Waals surface area contributed by atoms with E-state index in [1.165, 1.54) is 0 Å². The third kappa shape index (κ3) is 13.0. The molecular weight excluding hydrogens is 238 g/mol. The Bertz CT molecular complexity index is 141. The minimum absolute atomic E-state index is 0. The molecule has 0 aliphatic rings. The molecule has 1 unspecified atom stereocenters. The van der Waals surface area contributed by atoms with Gasteiger partial charge in [0.1, 0.15) is 0 Å². The number of aliphatic hydroxyl groups excluding tert-OH is 1. The fraction of sp³-hybridized carbons (Fsp3) is 0.500. The molecule has 0 spiro atoms. The van der Waals surface area contributed by atoms with E-state index in [0.29, 0.717) is 0 Å². The van der Waals surface area contributed by atoms with Crippen LogP contribution in [0.15, 0.2) is 0 Å². The summed E-state index contributed by atoms with van der Waals surface area (Å²) >= 11 is 8.11. The van der Waals surface area contributed by atoms with Gasteiger partial charge in [-0.3, -0.25) is 0 Å². The Morgan fingerprint density at radius 2 is 1.64 bits per heavy atom. The van der Waals surface area contributed by atoms with Gasteiger partial charge in [-0.2, -0.15) is 0 Å². The van der Waals surface area contributed by atoms with Crippen LogP contribution in [0.2, 0.25) is 0 Å². The zero-order chi connectivity index (χ0) is 7.44. The Morgan fingerprint density at radius 3 is 1.73 bits per heavy atom. The second-order valence-electron chi connectivity index (χ2n) is 1.41. The van der Waals surface area contributed by atoms with Crippen LogP contribution in [0.3, 0.4) is 0 Å². The van der Waals surface area contributed by atoms with Gasteiger partial charge in [0.2, 0.25) is 0 Å². The van der Waals surface area contributed by atoms with Crippen LogP contribution in [-0.4, -0.2) is 21.4 Å². The van der Waals surface area contributed by atoms with E-state index in [1.807, 2.05) is 0 Å². The number of hydrogen-bond donors (Lipinski definition) is 1. The average Bonchev–Trinajstić information content (AvgIpc) is 1.63. The Hall–Kier alpha value is 3.01. The van der Waals surface area contributed by atoms with E-state index in [1.54, 1.807) is 0 Å². The van der Waals surface area contributed by atoms with E-state index in [4.69, 9.17) is 5.11 Å². The summed E-state index contributed by atoms with van der Waals surface area (Å²) in [6.07, 6.45) is -1.73. The van der Waals surface area contributed by atoms with E-state index in [-0.39, 0.29) is 109 Å². The summed E-state index contributed by atoms with van der Waals surface area (Å²) in [5, 5.41) is 7.06. The van der Waals surface area contributed by atoms with Gasteiger partial charge in [-0.25, -0.2) is 0 Å². The average molecular weight is 242 g/mol. The number of hydrogen-bond acceptors (Lipinski definition) is 5. The standard InChI is InChI=1S/C4H6O3S2.2K/c5-2(4(7)9)1-3(6)8;;/h2,5H,1H2,(H,6,8)(H,7,9);;/q;2*+1/p-2. The Labute approximate surface area is 161 Å². The van der Waals surface area contributed by atoms with E-state index in [0.717, 1.165) is 0 Å². The first-order valence-corrected chi connectivity index (χ1v) is 2.94. The molecule has 0 fully saturated rings. The maximum absolute atomic E-state index is 10.0. The van der Waals surface area contributed by atoms with Crippen LogP contribution in [0.1, 0.15) is 6.42 Å². The van der Waals surface area contributed by atoms with Crippen molar-refractivity contribution in [1.82, 2.24) is 0 Å². The normalized spacial score (nSPS) is 10.3. The minimum atomic E-state index is -1.38. The molecule has 1 N–H and O–H groups in total. The van der Waals surface area contributed by atoms with Gasteiger partial charge in [0.25, 0.3) is 0 Å². The van der Waals surface area contributed by atoms with Gasteiger partial charge in [-0.1, -0.05) is 0 Å². The summed E-state index contributed by atoms with van der Waals surface area (Å²) in [5.41, 5.74) is 0. The van der Waals surface area contributed by atoms with Crippen LogP contribution in [0.25, 0.3) is 0 Å². The topological polar surface area (TPSA) is 54.4 Å². The smallest absolute Gasteiger partial charge is 0.742 e. The number of rotatable bonds is 3.